The Morgan fingerprint density at radius 2 is 1.72 bits per heavy atom. The Kier molecular flexibility index (Phi) is 9.40. The lowest BCUT2D eigenvalue weighted by atomic mass is 9.70. The molecule has 0 aliphatic carbocycles. The van der Waals surface area contributed by atoms with Crippen molar-refractivity contribution < 1.29 is 19.5 Å². The molecule has 1 spiro atoms. The third kappa shape index (κ3) is 5.42. The van der Waals surface area contributed by atoms with E-state index in [4.69, 9.17) is 11.6 Å². The quantitative estimate of drug-likeness (QED) is 0.313. The minimum absolute atomic E-state index is 0.0965. The number of likely N-dealkylation sites (tertiary alicyclic amines) is 1. The molecule has 2 aromatic carbocycles. The molecule has 5 rings (SSSR count). The Balaban J connectivity index is 1.61. The highest BCUT2D eigenvalue weighted by molar-refractivity contribution is 8.02. The lowest BCUT2D eigenvalue weighted by Gasteiger charge is -2.40. The largest absolute Gasteiger partial charge is 0.394 e. The number of rotatable bonds is 12. The summed E-state index contributed by atoms with van der Waals surface area (Å²) in [7, 11) is 0. The summed E-state index contributed by atoms with van der Waals surface area (Å²) in [4.78, 5) is 48.9. The van der Waals surface area contributed by atoms with Gasteiger partial charge in [0.15, 0.2) is 0 Å². The van der Waals surface area contributed by atoms with Crippen LogP contribution in [0.3, 0.4) is 0 Å². The minimum atomic E-state index is -0.866. The van der Waals surface area contributed by atoms with Gasteiger partial charge in [-0.25, -0.2) is 0 Å². The Morgan fingerprint density at radius 3 is 2.35 bits per heavy atom. The fraction of sp³-hybridized carbons (Fsp3) is 0.441. The van der Waals surface area contributed by atoms with Gasteiger partial charge in [-0.1, -0.05) is 67.9 Å². The summed E-state index contributed by atoms with van der Waals surface area (Å²) < 4.78 is -0.805. The summed E-state index contributed by atoms with van der Waals surface area (Å²) >= 11 is 8.21. The summed E-state index contributed by atoms with van der Waals surface area (Å²) in [6.45, 7) is 12.1. The van der Waals surface area contributed by atoms with Crippen LogP contribution in [0.25, 0.3) is 0 Å². The molecule has 3 fully saturated rings. The van der Waals surface area contributed by atoms with Gasteiger partial charge < -0.3 is 19.8 Å². The van der Waals surface area contributed by atoms with Crippen molar-refractivity contribution in [2.45, 2.75) is 55.2 Å². The molecule has 228 valence electrons. The van der Waals surface area contributed by atoms with Crippen LogP contribution in [-0.2, 0) is 14.4 Å². The average Bonchev–Trinajstić information content (AvgIpc) is 3.65. The van der Waals surface area contributed by atoms with Crippen molar-refractivity contribution in [3.8, 4) is 0 Å². The fourth-order valence-electron chi connectivity index (χ4n) is 7.36. The number of benzene rings is 2. The van der Waals surface area contributed by atoms with E-state index in [0.29, 0.717) is 30.1 Å². The number of halogens is 1. The average molecular weight is 622 g/mol. The van der Waals surface area contributed by atoms with Crippen molar-refractivity contribution in [1.29, 1.82) is 0 Å². The third-order valence-electron chi connectivity index (χ3n) is 8.97. The van der Waals surface area contributed by atoms with E-state index < -0.39 is 28.7 Å². The van der Waals surface area contributed by atoms with Crippen molar-refractivity contribution in [3.05, 3.63) is 84.9 Å². The zero-order chi connectivity index (χ0) is 30.9. The number of nitrogens with zero attached hydrogens (tertiary/aromatic N) is 3. The van der Waals surface area contributed by atoms with Gasteiger partial charge in [0.2, 0.25) is 11.8 Å². The second-order valence-electron chi connectivity index (χ2n) is 12.0. The van der Waals surface area contributed by atoms with Gasteiger partial charge in [0.25, 0.3) is 5.91 Å². The third-order valence-corrected chi connectivity index (χ3v) is 11.2. The standard InChI is InChI=1S/C34H40ClN3O4S/c1-5-18-36(23-12-8-7-9-13-23)31(40)28-27-16-17-34(43-27)29(28)32(41)38(24(21-39)20-22(3)4)30(34)33(42)37(19-6-2)26-15-11-10-14-25(26)35/h5-15,22,24,27-30,39H,1-2,16-21H2,3-4H3/t24-,27+,28-,29+,30?,34?/m1/s1. The lowest BCUT2D eigenvalue weighted by molar-refractivity contribution is -0.142. The number of carbonyl (C=O) groups excluding carboxylic acids is 3. The molecule has 3 heterocycles. The SMILES string of the molecule is C=CCN(C(=O)[C@@H]1[C@@H]2CCC3(S2)C(C(=O)N(CC=C)c2ccccc2Cl)N([C@@H](CO)CC(C)C)C(=O)[C@H]13)c1ccccc1. The normalized spacial score (nSPS) is 26.3. The number of aliphatic hydroxyl groups is 1. The predicted molar refractivity (Wildman–Crippen MR) is 174 cm³/mol. The van der Waals surface area contributed by atoms with Crippen LogP contribution >= 0.6 is 23.4 Å². The molecule has 7 nitrogen and oxygen atoms in total. The highest BCUT2D eigenvalue weighted by Gasteiger charge is 2.74. The molecule has 3 saturated heterocycles. The summed E-state index contributed by atoms with van der Waals surface area (Å²) in [6, 6.07) is 15.1. The highest BCUT2D eigenvalue weighted by atomic mass is 35.5. The van der Waals surface area contributed by atoms with Crippen molar-refractivity contribution >= 4 is 52.5 Å². The van der Waals surface area contributed by atoms with E-state index in [1.807, 2.05) is 50.2 Å². The first kappa shape index (κ1) is 31.4. The maximum atomic E-state index is 14.8. The molecule has 0 aromatic heterocycles. The Labute approximate surface area is 263 Å². The molecule has 43 heavy (non-hydrogen) atoms. The molecule has 6 atom stereocenters. The van der Waals surface area contributed by atoms with Crippen molar-refractivity contribution in [1.82, 2.24) is 4.90 Å². The molecule has 2 unspecified atom stereocenters. The monoisotopic (exact) mass is 621 g/mol. The lowest BCUT2D eigenvalue weighted by Crippen LogP contribution is -2.58. The van der Waals surface area contributed by atoms with Gasteiger partial charge in [0.1, 0.15) is 6.04 Å². The Bertz CT molecular complexity index is 1390. The van der Waals surface area contributed by atoms with Crippen molar-refractivity contribution in [2.24, 2.45) is 17.8 Å². The Morgan fingerprint density at radius 1 is 1.07 bits per heavy atom. The fourth-order valence-corrected chi connectivity index (χ4v) is 9.79. The maximum absolute atomic E-state index is 14.8. The molecule has 0 saturated carbocycles. The number of aliphatic hydroxyl groups excluding tert-OH is 1. The van der Waals surface area contributed by atoms with Crippen LogP contribution in [0.15, 0.2) is 79.9 Å². The van der Waals surface area contributed by atoms with Gasteiger partial charge in [-0.3, -0.25) is 14.4 Å². The molecular weight excluding hydrogens is 582 g/mol. The van der Waals surface area contributed by atoms with Crippen molar-refractivity contribution in [3.63, 3.8) is 0 Å². The van der Waals surface area contributed by atoms with E-state index in [2.05, 4.69) is 13.2 Å². The molecular formula is C34H40ClN3O4S. The van der Waals surface area contributed by atoms with Crippen LogP contribution in [0.2, 0.25) is 5.02 Å². The van der Waals surface area contributed by atoms with Crippen LogP contribution in [0.5, 0.6) is 0 Å². The number of amides is 3. The van der Waals surface area contributed by atoms with Crippen LogP contribution in [0.4, 0.5) is 11.4 Å². The smallest absolute Gasteiger partial charge is 0.251 e. The van der Waals surface area contributed by atoms with Gasteiger partial charge in [-0.2, -0.15) is 0 Å². The first-order valence-electron chi connectivity index (χ1n) is 14.9. The number of fused-ring (bicyclic) bond motifs is 1. The van der Waals surface area contributed by atoms with Gasteiger partial charge in [-0.05, 0) is 49.4 Å². The van der Waals surface area contributed by atoms with E-state index in [1.165, 1.54) is 0 Å². The molecule has 9 heteroatoms. The number of carbonyl (C=O) groups is 3. The van der Waals surface area contributed by atoms with Gasteiger partial charge in [-0.15, -0.1) is 24.9 Å². The van der Waals surface area contributed by atoms with Crippen LogP contribution < -0.4 is 9.80 Å². The number of hydrogen-bond acceptors (Lipinski definition) is 5. The molecule has 3 aliphatic rings. The second kappa shape index (κ2) is 12.9. The molecule has 0 radical (unpaired) electrons. The maximum Gasteiger partial charge on any atom is 0.251 e. The van der Waals surface area contributed by atoms with E-state index in [9.17, 15) is 19.5 Å². The minimum Gasteiger partial charge on any atom is -0.394 e. The number of anilines is 2. The predicted octanol–water partition coefficient (Wildman–Crippen LogP) is 5.58. The topological polar surface area (TPSA) is 81.2 Å². The number of para-hydroxylation sites is 2. The molecule has 3 aliphatic heterocycles. The first-order valence-corrected chi connectivity index (χ1v) is 16.2. The van der Waals surface area contributed by atoms with E-state index >= 15 is 0 Å². The van der Waals surface area contributed by atoms with E-state index in [1.54, 1.807) is 56.8 Å². The van der Waals surface area contributed by atoms with Gasteiger partial charge >= 0.3 is 0 Å². The van der Waals surface area contributed by atoms with Crippen LogP contribution in [0.1, 0.15) is 33.1 Å². The van der Waals surface area contributed by atoms with E-state index in [0.717, 1.165) is 12.1 Å². The molecule has 1 N–H and O–H groups in total. The summed E-state index contributed by atoms with van der Waals surface area (Å²) in [6.07, 6.45) is 5.22. The Hall–Kier alpha value is -3.07. The number of hydrogen-bond donors (Lipinski definition) is 1. The first-order chi connectivity index (χ1) is 20.7. The van der Waals surface area contributed by atoms with Crippen molar-refractivity contribution in [2.75, 3.05) is 29.5 Å². The molecule has 3 amide bonds. The zero-order valence-electron chi connectivity index (χ0n) is 24.8. The van der Waals surface area contributed by atoms with Gasteiger partial charge in [0, 0.05) is 24.0 Å². The van der Waals surface area contributed by atoms with Crippen LogP contribution in [-0.4, -0.2) is 69.5 Å². The molecule has 2 bridgehead atoms. The summed E-state index contributed by atoms with van der Waals surface area (Å²) in [5.41, 5.74) is 1.28. The highest BCUT2D eigenvalue weighted by Crippen LogP contribution is 2.67. The number of thioether (sulfide) groups is 1. The second-order valence-corrected chi connectivity index (χ2v) is 14.0. The summed E-state index contributed by atoms with van der Waals surface area (Å²) in [5.74, 6) is -1.73. The van der Waals surface area contributed by atoms with Crippen LogP contribution in [0, 0.1) is 17.8 Å². The molecule has 2 aromatic rings. The van der Waals surface area contributed by atoms with Gasteiger partial charge in [0.05, 0.1) is 39.9 Å². The van der Waals surface area contributed by atoms with E-state index in [-0.39, 0.29) is 42.0 Å². The zero-order valence-corrected chi connectivity index (χ0v) is 26.3. The summed E-state index contributed by atoms with van der Waals surface area (Å²) in [5, 5.41) is 10.9.